The van der Waals surface area contributed by atoms with Crippen molar-refractivity contribution in [2.75, 3.05) is 0 Å². The maximum atomic E-state index is 9.62. The molecule has 0 aromatic heterocycles. The van der Waals surface area contributed by atoms with Crippen LogP contribution in [-0.4, -0.2) is 11.4 Å². The van der Waals surface area contributed by atoms with Gasteiger partial charge in [0.2, 0.25) is 0 Å². The molecule has 0 aromatic carbocycles. The fraction of sp³-hybridized carbons (Fsp3) is 0. The van der Waals surface area contributed by atoms with Gasteiger partial charge in [0.15, 0.2) is 0 Å². The molecule has 3 N–H and O–H groups in total. The Kier molecular flexibility index (Phi) is 4.19. The minimum absolute atomic E-state index is 0.285. The van der Waals surface area contributed by atoms with Crippen molar-refractivity contribution in [1.82, 2.24) is 5.32 Å². The fourth-order valence-electron chi connectivity index (χ4n) is 0.176. The fourth-order valence-corrected chi connectivity index (χ4v) is 0.363. The van der Waals surface area contributed by atoms with Crippen LogP contribution in [0.2, 0.25) is 0 Å². The molecule has 0 heterocycles. The Morgan fingerprint density at radius 2 is 2.38 bits per heavy atom. The summed E-state index contributed by atoms with van der Waals surface area (Å²) in [7, 11) is 0. The molecule has 0 aliphatic rings. The standard InChI is InChI=1S/C4H6N2O.Co/c1-2-4(5)6-3-7;/h1-3H,5H2,(H,6,7);/b4-2-;. The number of nitrogens with two attached hydrogens (primary N) is 1. The third-order valence-electron chi connectivity index (χ3n) is 0.461. The first-order valence-electron chi connectivity index (χ1n) is 1.88. The summed E-state index contributed by atoms with van der Waals surface area (Å²) in [6.07, 6.45) is 1.97. The van der Waals surface area contributed by atoms with Crippen molar-refractivity contribution >= 4 is 11.4 Å². The zero-order valence-corrected chi connectivity index (χ0v) is 5.09. The molecule has 3 nitrogen and oxygen atoms in total. The van der Waals surface area contributed by atoms with E-state index in [0.717, 1.165) is 0 Å². The van der Waals surface area contributed by atoms with Crippen LogP contribution in [0.4, 0.5) is 0 Å². The third kappa shape index (κ3) is 3.57. The van der Waals surface area contributed by atoms with Gasteiger partial charge in [0, 0.05) is 0 Å². The van der Waals surface area contributed by atoms with Crippen molar-refractivity contribution in [2.24, 2.45) is 5.73 Å². The predicted octanol–water partition coefficient (Wildman–Crippen LogP) is -1.12. The van der Waals surface area contributed by atoms with E-state index in [1.54, 1.807) is 0 Å². The van der Waals surface area contributed by atoms with Gasteiger partial charge in [-0.15, -0.1) is 0 Å². The van der Waals surface area contributed by atoms with E-state index in [-0.39, 0.29) is 5.82 Å². The molecule has 0 unspecified atom stereocenters. The zero-order chi connectivity index (χ0) is 6.41. The second kappa shape index (κ2) is 4.54. The molecular weight excluding hydrogens is 151 g/mol. The van der Waals surface area contributed by atoms with Crippen molar-refractivity contribution in [3.05, 3.63) is 11.9 Å². The third-order valence-corrected chi connectivity index (χ3v) is 0.634. The molecule has 0 rings (SSSR count). The Bertz CT molecular complexity index is 121. The van der Waals surface area contributed by atoms with Gasteiger partial charge in [-0.25, -0.2) is 0 Å². The first-order chi connectivity index (χ1) is 3.81. The van der Waals surface area contributed by atoms with Crippen molar-refractivity contribution in [3.8, 4) is 0 Å². The van der Waals surface area contributed by atoms with Gasteiger partial charge in [-0.05, 0) is 0 Å². The second-order valence-electron chi connectivity index (χ2n) is 0.995. The Morgan fingerprint density at radius 1 is 1.75 bits per heavy atom. The van der Waals surface area contributed by atoms with Gasteiger partial charge in [-0.3, -0.25) is 0 Å². The molecule has 4 heteroatoms. The van der Waals surface area contributed by atoms with Gasteiger partial charge in [0.05, 0.1) is 0 Å². The van der Waals surface area contributed by atoms with Crippen LogP contribution in [0.3, 0.4) is 0 Å². The van der Waals surface area contributed by atoms with E-state index in [4.69, 9.17) is 5.73 Å². The van der Waals surface area contributed by atoms with Crippen LogP contribution in [0.1, 0.15) is 0 Å². The summed E-state index contributed by atoms with van der Waals surface area (Å²) >= 11 is 3.76. The Balaban J connectivity index is 3.60. The van der Waals surface area contributed by atoms with Gasteiger partial charge in [-0.1, -0.05) is 0 Å². The Morgan fingerprint density at radius 3 is 2.75 bits per heavy atom. The topological polar surface area (TPSA) is 55.1 Å². The van der Waals surface area contributed by atoms with Crippen LogP contribution in [-0.2, 0) is 20.1 Å². The van der Waals surface area contributed by atoms with Crippen molar-refractivity contribution in [2.45, 2.75) is 0 Å². The molecule has 0 aliphatic heterocycles. The second-order valence-corrected chi connectivity index (χ2v) is 1.34. The van der Waals surface area contributed by atoms with E-state index in [0.29, 0.717) is 6.41 Å². The number of hydrogen-bond acceptors (Lipinski definition) is 2. The number of hydrogen-bond donors (Lipinski definition) is 2. The van der Waals surface area contributed by atoms with E-state index in [2.05, 4.69) is 20.6 Å². The number of nitrogens with one attached hydrogen (secondary N) is 1. The normalized spacial score (nSPS) is 10.4. The number of amides is 1. The van der Waals surface area contributed by atoms with Crippen LogP contribution >= 0.6 is 0 Å². The molecule has 0 radical (unpaired) electrons. The quantitative estimate of drug-likeness (QED) is 0.510. The van der Waals surface area contributed by atoms with Crippen molar-refractivity contribution in [3.63, 3.8) is 0 Å². The SMILES string of the molecule is N/C(=C/[CH]=[Co])NC=O. The number of rotatable bonds is 3. The number of carbonyl (C=O) groups is 1. The van der Waals surface area contributed by atoms with Gasteiger partial charge < -0.3 is 0 Å². The maximum absolute atomic E-state index is 9.62. The molecule has 0 aliphatic carbocycles. The summed E-state index contributed by atoms with van der Waals surface area (Å²) in [5.74, 6) is 0.285. The van der Waals surface area contributed by atoms with E-state index in [9.17, 15) is 4.79 Å². The van der Waals surface area contributed by atoms with Crippen molar-refractivity contribution in [1.29, 1.82) is 0 Å². The summed E-state index contributed by atoms with van der Waals surface area (Å²) in [6, 6.07) is 0. The first kappa shape index (κ1) is 7.39. The van der Waals surface area contributed by atoms with Gasteiger partial charge in [0.1, 0.15) is 0 Å². The average molecular weight is 157 g/mol. The molecule has 47 valence electrons. The van der Waals surface area contributed by atoms with Crippen molar-refractivity contribution < 1.29 is 20.1 Å². The molecule has 0 spiro atoms. The monoisotopic (exact) mass is 157 g/mol. The molecule has 0 aromatic rings. The molecule has 0 saturated carbocycles. The molecule has 0 saturated heterocycles. The minimum atomic E-state index is 0.285. The van der Waals surface area contributed by atoms with E-state index in [1.165, 1.54) is 11.0 Å². The van der Waals surface area contributed by atoms with Crippen LogP contribution < -0.4 is 11.1 Å². The number of allylic oxidation sites excluding steroid dienone is 1. The summed E-state index contributed by atoms with van der Waals surface area (Å²) in [6.45, 7) is 0. The first-order valence-corrected chi connectivity index (χ1v) is 2.48. The molecule has 8 heavy (non-hydrogen) atoms. The predicted molar refractivity (Wildman–Crippen MR) is 27.5 cm³/mol. The van der Waals surface area contributed by atoms with Crippen LogP contribution in [0.15, 0.2) is 11.9 Å². The summed E-state index contributed by atoms with van der Waals surface area (Å²) in [5, 5.41) is 2.22. The Hall–Kier alpha value is -0.614. The van der Waals surface area contributed by atoms with Crippen LogP contribution in [0.5, 0.6) is 0 Å². The molecule has 0 bridgehead atoms. The summed E-state index contributed by atoms with van der Waals surface area (Å²) < 4.78 is 0. The van der Waals surface area contributed by atoms with Gasteiger partial charge in [0.25, 0.3) is 0 Å². The summed E-state index contributed by atoms with van der Waals surface area (Å²) in [4.78, 5) is 11.0. The molecule has 0 atom stereocenters. The van der Waals surface area contributed by atoms with Crippen LogP contribution in [0, 0.1) is 0 Å². The molecule has 1 amide bonds. The zero-order valence-electron chi connectivity index (χ0n) is 4.05. The molecular formula is C4H6CoN2O. The number of carbonyl (C=O) groups excluding carboxylic acids is 1. The van der Waals surface area contributed by atoms with Crippen LogP contribution in [0.25, 0.3) is 0 Å². The van der Waals surface area contributed by atoms with Gasteiger partial charge in [-0.2, -0.15) is 0 Å². The van der Waals surface area contributed by atoms with Gasteiger partial charge >= 0.3 is 54.4 Å². The van der Waals surface area contributed by atoms with E-state index < -0.39 is 0 Å². The van der Waals surface area contributed by atoms with E-state index >= 15 is 0 Å². The van der Waals surface area contributed by atoms with E-state index in [1.807, 2.05) is 0 Å². The Labute approximate surface area is 55.1 Å². The summed E-state index contributed by atoms with van der Waals surface area (Å²) in [5.41, 5.74) is 5.13. The average Bonchev–Trinajstić information content (AvgIpc) is 1.68. The molecule has 0 fully saturated rings.